The molecule has 1 spiro atoms. The molecule has 0 aromatic rings. The van der Waals surface area contributed by atoms with Gasteiger partial charge in [0.2, 0.25) is 5.91 Å². The molecule has 0 radical (unpaired) electrons. The zero-order valence-electron chi connectivity index (χ0n) is 9.62. The molecular weight excluding hydrogens is 226 g/mol. The van der Waals surface area contributed by atoms with Crippen LogP contribution in [0.4, 0.5) is 0 Å². The third-order valence-electron chi connectivity index (χ3n) is 4.29. The first-order valence-corrected chi connectivity index (χ1v) is 6.70. The molecule has 1 heterocycles. The van der Waals surface area contributed by atoms with Crippen molar-refractivity contribution in [2.75, 3.05) is 25.6 Å². The minimum atomic E-state index is 0.150. The Morgan fingerprint density at radius 3 is 2.69 bits per heavy atom. The summed E-state index contributed by atoms with van der Waals surface area (Å²) in [7, 11) is 0. The lowest BCUT2D eigenvalue weighted by atomic mass is 9.77. The zero-order chi connectivity index (χ0) is 11.6. The Bertz CT molecular complexity index is 264. The van der Waals surface area contributed by atoms with Crippen molar-refractivity contribution in [1.82, 2.24) is 4.90 Å². The van der Waals surface area contributed by atoms with Gasteiger partial charge in [0.05, 0.1) is 0 Å². The summed E-state index contributed by atoms with van der Waals surface area (Å²) in [6.07, 6.45) is 5.25. The molecule has 2 rings (SSSR count). The lowest BCUT2D eigenvalue weighted by Gasteiger charge is -2.28. The molecule has 16 heavy (non-hydrogen) atoms. The monoisotopic (exact) mass is 245 g/mol. The Morgan fingerprint density at radius 2 is 2.12 bits per heavy atom. The van der Waals surface area contributed by atoms with Gasteiger partial charge in [-0.2, -0.15) is 0 Å². The summed E-state index contributed by atoms with van der Waals surface area (Å²) in [5.41, 5.74) is 0.219. The highest BCUT2D eigenvalue weighted by Gasteiger charge is 2.48. The molecule has 1 atom stereocenters. The molecule has 3 nitrogen and oxygen atoms in total. The van der Waals surface area contributed by atoms with E-state index in [2.05, 4.69) is 0 Å². The van der Waals surface area contributed by atoms with Crippen LogP contribution in [0.15, 0.2) is 0 Å². The molecule has 1 aliphatic heterocycles. The Labute approximate surface area is 102 Å². The fourth-order valence-corrected chi connectivity index (χ4v) is 3.52. The van der Waals surface area contributed by atoms with Crippen LogP contribution in [0.2, 0.25) is 0 Å². The van der Waals surface area contributed by atoms with Crippen molar-refractivity contribution < 1.29 is 9.90 Å². The average Bonchev–Trinajstić information content (AvgIpc) is 2.87. The first kappa shape index (κ1) is 12.2. The predicted octanol–water partition coefficient (Wildman–Crippen LogP) is 1.63. The van der Waals surface area contributed by atoms with Gasteiger partial charge >= 0.3 is 0 Å². The average molecular weight is 246 g/mol. The number of carbonyl (C=O) groups is 1. The fourth-order valence-electron chi connectivity index (χ4n) is 3.36. The van der Waals surface area contributed by atoms with Gasteiger partial charge in [0.25, 0.3) is 0 Å². The summed E-state index contributed by atoms with van der Waals surface area (Å²) in [5, 5.41) is 9.46. The van der Waals surface area contributed by atoms with Gasteiger partial charge in [0.15, 0.2) is 0 Å². The highest BCUT2D eigenvalue weighted by atomic mass is 35.5. The van der Waals surface area contributed by atoms with Crippen LogP contribution in [0.25, 0.3) is 0 Å². The highest BCUT2D eigenvalue weighted by molar-refractivity contribution is 6.18. The van der Waals surface area contributed by atoms with Crippen LogP contribution in [-0.4, -0.2) is 41.5 Å². The number of alkyl halides is 1. The Balaban J connectivity index is 2.04. The minimum absolute atomic E-state index is 0.150. The maximum atomic E-state index is 11.8. The first-order chi connectivity index (χ1) is 7.72. The summed E-state index contributed by atoms with van der Waals surface area (Å²) in [6.45, 7) is 1.78. The van der Waals surface area contributed by atoms with Crippen molar-refractivity contribution in [3.63, 3.8) is 0 Å². The number of hydrogen-bond acceptors (Lipinski definition) is 2. The Hall–Kier alpha value is -0.280. The van der Waals surface area contributed by atoms with Gasteiger partial charge in [-0.25, -0.2) is 0 Å². The number of halogens is 1. The van der Waals surface area contributed by atoms with Gasteiger partial charge in [-0.05, 0) is 18.3 Å². The lowest BCUT2D eigenvalue weighted by Crippen LogP contribution is -2.31. The van der Waals surface area contributed by atoms with Gasteiger partial charge in [0, 0.05) is 37.9 Å². The maximum absolute atomic E-state index is 11.8. The van der Waals surface area contributed by atoms with Crippen molar-refractivity contribution in [3.8, 4) is 0 Å². The standard InChI is InChI=1S/C12H20ClNO2/c13-6-3-11(16)14-7-10(8-15)12(9-14)4-1-2-5-12/h10,15H,1-9H2/t10-/m0/s1. The third kappa shape index (κ3) is 2.07. The van der Waals surface area contributed by atoms with Crippen LogP contribution in [0.5, 0.6) is 0 Å². The zero-order valence-corrected chi connectivity index (χ0v) is 10.4. The van der Waals surface area contributed by atoms with E-state index in [0.29, 0.717) is 12.3 Å². The first-order valence-electron chi connectivity index (χ1n) is 6.16. The number of amides is 1. The molecule has 1 N–H and O–H groups in total. The molecule has 1 aliphatic carbocycles. The van der Waals surface area contributed by atoms with E-state index < -0.39 is 0 Å². The van der Waals surface area contributed by atoms with Gasteiger partial charge in [-0.3, -0.25) is 4.79 Å². The minimum Gasteiger partial charge on any atom is -0.396 e. The number of hydrogen-bond donors (Lipinski definition) is 1. The number of carbonyl (C=O) groups excluding carboxylic acids is 1. The Kier molecular flexibility index (Phi) is 3.75. The van der Waals surface area contributed by atoms with Crippen molar-refractivity contribution >= 4 is 17.5 Å². The van der Waals surface area contributed by atoms with Crippen LogP contribution < -0.4 is 0 Å². The summed E-state index contributed by atoms with van der Waals surface area (Å²) >= 11 is 5.60. The van der Waals surface area contributed by atoms with Gasteiger partial charge in [0.1, 0.15) is 0 Å². The number of aliphatic hydroxyl groups is 1. The quantitative estimate of drug-likeness (QED) is 0.768. The molecule has 0 aromatic carbocycles. The second-order valence-corrected chi connectivity index (χ2v) is 5.54. The van der Waals surface area contributed by atoms with E-state index in [1.54, 1.807) is 0 Å². The molecular formula is C12H20ClNO2. The highest BCUT2D eigenvalue weighted by Crippen LogP contribution is 2.48. The molecule has 1 amide bonds. The molecule has 2 fully saturated rings. The normalized spacial score (nSPS) is 27.9. The molecule has 2 aliphatic rings. The molecule has 1 saturated carbocycles. The molecule has 0 unspecified atom stereocenters. The second-order valence-electron chi connectivity index (χ2n) is 5.16. The van der Waals surface area contributed by atoms with Crippen molar-refractivity contribution in [2.45, 2.75) is 32.1 Å². The van der Waals surface area contributed by atoms with Crippen molar-refractivity contribution in [3.05, 3.63) is 0 Å². The predicted molar refractivity (Wildman–Crippen MR) is 63.4 cm³/mol. The smallest absolute Gasteiger partial charge is 0.223 e. The number of nitrogens with zero attached hydrogens (tertiary/aromatic N) is 1. The summed E-state index contributed by atoms with van der Waals surface area (Å²) in [6, 6.07) is 0. The van der Waals surface area contributed by atoms with Crippen molar-refractivity contribution in [1.29, 1.82) is 0 Å². The third-order valence-corrected chi connectivity index (χ3v) is 4.48. The van der Waals surface area contributed by atoms with Gasteiger partial charge in [-0.15, -0.1) is 11.6 Å². The maximum Gasteiger partial charge on any atom is 0.223 e. The number of rotatable bonds is 3. The summed E-state index contributed by atoms with van der Waals surface area (Å²) in [5.74, 6) is 0.832. The van der Waals surface area contributed by atoms with Crippen LogP contribution in [0, 0.1) is 11.3 Å². The summed E-state index contributed by atoms with van der Waals surface area (Å²) < 4.78 is 0. The molecule has 0 aromatic heterocycles. The molecule has 92 valence electrons. The van der Waals surface area contributed by atoms with Crippen LogP contribution in [0.3, 0.4) is 0 Å². The van der Waals surface area contributed by atoms with E-state index in [-0.39, 0.29) is 23.8 Å². The summed E-state index contributed by atoms with van der Waals surface area (Å²) in [4.78, 5) is 13.7. The van der Waals surface area contributed by atoms with Crippen LogP contribution in [-0.2, 0) is 4.79 Å². The fraction of sp³-hybridized carbons (Fsp3) is 0.917. The molecule has 0 bridgehead atoms. The van der Waals surface area contributed by atoms with Crippen molar-refractivity contribution in [2.24, 2.45) is 11.3 Å². The van der Waals surface area contributed by atoms with E-state index in [1.807, 2.05) is 4.90 Å². The van der Waals surface area contributed by atoms with E-state index in [0.717, 1.165) is 13.1 Å². The van der Waals surface area contributed by atoms with E-state index >= 15 is 0 Å². The second kappa shape index (κ2) is 4.92. The van der Waals surface area contributed by atoms with Crippen LogP contribution in [0.1, 0.15) is 32.1 Å². The topological polar surface area (TPSA) is 40.5 Å². The van der Waals surface area contributed by atoms with Gasteiger partial charge < -0.3 is 10.0 Å². The molecule has 1 saturated heterocycles. The lowest BCUT2D eigenvalue weighted by molar-refractivity contribution is -0.130. The van der Waals surface area contributed by atoms with E-state index in [1.165, 1.54) is 25.7 Å². The van der Waals surface area contributed by atoms with E-state index in [9.17, 15) is 9.90 Å². The SMILES string of the molecule is O=C(CCCl)N1C[C@@H](CO)C2(CCCC2)C1. The number of likely N-dealkylation sites (tertiary alicyclic amines) is 1. The molecule has 4 heteroatoms. The van der Waals surface area contributed by atoms with E-state index in [4.69, 9.17) is 11.6 Å². The Morgan fingerprint density at radius 1 is 1.44 bits per heavy atom. The largest absolute Gasteiger partial charge is 0.396 e. The van der Waals surface area contributed by atoms with Crippen LogP contribution >= 0.6 is 11.6 Å². The number of aliphatic hydroxyl groups excluding tert-OH is 1. The van der Waals surface area contributed by atoms with Gasteiger partial charge in [-0.1, -0.05) is 12.8 Å².